The van der Waals surface area contributed by atoms with Crippen LogP contribution in [0.4, 0.5) is 0 Å². The van der Waals surface area contributed by atoms with Crippen molar-refractivity contribution in [3.8, 4) is 17.2 Å². The zero-order valence-electron chi connectivity index (χ0n) is 17.7. The summed E-state index contributed by atoms with van der Waals surface area (Å²) >= 11 is 0. The van der Waals surface area contributed by atoms with Crippen molar-refractivity contribution in [1.82, 2.24) is 14.3 Å². The third-order valence-corrected chi connectivity index (χ3v) is 5.36. The SMILES string of the molecule is CCN(Cc1ccc2c(c1)OCO2)C(=O)c1cccc(OCc2cn3ccccc3n2)c1. The van der Waals surface area contributed by atoms with E-state index in [-0.39, 0.29) is 12.7 Å². The lowest BCUT2D eigenvalue weighted by molar-refractivity contribution is 0.0752. The van der Waals surface area contributed by atoms with Crippen LogP contribution in [0.1, 0.15) is 28.5 Å². The highest BCUT2D eigenvalue weighted by molar-refractivity contribution is 5.94. The molecule has 0 saturated carbocycles. The van der Waals surface area contributed by atoms with Crippen LogP contribution in [0.5, 0.6) is 17.2 Å². The molecule has 2 aromatic carbocycles. The van der Waals surface area contributed by atoms with E-state index in [4.69, 9.17) is 14.2 Å². The van der Waals surface area contributed by atoms with Gasteiger partial charge in [-0.15, -0.1) is 0 Å². The number of imidazole rings is 1. The molecule has 162 valence electrons. The van der Waals surface area contributed by atoms with Gasteiger partial charge in [0.25, 0.3) is 5.91 Å². The second-order valence-corrected chi connectivity index (χ2v) is 7.52. The van der Waals surface area contributed by atoms with Crippen LogP contribution >= 0.6 is 0 Å². The smallest absolute Gasteiger partial charge is 0.254 e. The minimum Gasteiger partial charge on any atom is -0.487 e. The van der Waals surface area contributed by atoms with Gasteiger partial charge in [0, 0.05) is 31.0 Å². The fraction of sp³-hybridized carbons (Fsp3) is 0.200. The lowest BCUT2D eigenvalue weighted by atomic mass is 10.1. The zero-order chi connectivity index (χ0) is 21.9. The molecule has 0 radical (unpaired) electrons. The second kappa shape index (κ2) is 8.63. The van der Waals surface area contributed by atoms with E-state index in [1.807, 2.05) is 78.3 Å². The molecular weight excluding hydrogens is 406 g/mol. The number of fused-ring (bicyclic) bond motifs is 2. The Morgan fingerprint density at radius 2 is 2.00 bits per heavy atom. The first-order valence-electron chi connectivity index (χ1n) is 10.5. The number of rotatable bonds is 7. The third kappa shape index (κ3) is 4.09. The van der Waals surface area contributed by atoms with Gasteiger partial charge in [-0.25, -0.2) is 4.98 Å². The van der Waals surface area contributed by atoms with Crippen LogP contribution < -0.4 is 14.2 Å². The number of hydrogen-bond donors (Lipinski definition) is 0. The molecule has 7 heteroatoms. The van der Waals surface area contributed by atoms with Gasteiger partial charge in [0.05, 0.1) is 5.69 Å². The van der Waals surface area contributed by atoms with Crippen LogP contribution in [0.25, 0.3) is 5.65 Å². The fourth-order valence-electron chi connectivity index (χ4n) is 3.70. The fourth-order valence-corrected chi connectivity index (χ4v) is 3.70. The van der Waals surface area contributed by atoms with E-state index in [2.05, 4.69) is 4.98 Å². The molecule has 0 aliphatic carbocycles. The van der Waals surface area contributed by atoms with Gasteiger partial charge in [0.2, 0.25) is 6.79 Å². The van der Waals surface area contributed by atoms with Gasteiger partial charge in [-0.2, -0.15) is 0 Å². The number of amides is 1. The Morgan fingerprint density at radius 3 is 2.88 bits per heavy atom. The first kappa shape index (κ1) is 19.9. The molecule has 1 aliphatic rings. The van der Waals surface area contributed by atoms with Crippen molar-refractivity contribution in [3.05, 3.63) is 89.9 Å². The Labute approximate surface area is 185 Å². The standard InChI is InChI=1S/C25H23N3O4/c1-2-27(14-18-9-10-22-23(12-18)32-17-31-22)25(29)19-6-5-7-21(13-19)30-16-20-15-28-11-4-3-8-24(28)26-20/h3-13,15H,2,14,16-17H2,1H3. The molecular formula is C25H23N3O4. The Hall–Kier alpha value is -4.00. The molecule has 0 bridgehead atoms. The van der Waals surface area contributed by atoms with Gasteiger partial charge in [-0.05, 0) is 55.0 Å². The van der Waals surface area contributed by atoms with E-state index in [0.717, 1.165) is 22.7 Å². The van der Waals surface area contributed by atoms with Crippen molar-refractivity contribution < 1.29 is 19.0 Å². The van der Waals surface area contributed by atoms with E-state index in [0.29, 0.717) is 36.8 Å². The quantitative estimate of drug-likeness (QED) is 0.438. The molecule has 3 heterocycles. The van der Waals surface area contributed by atoms with Crippen LogP contribution in [0, 0.1) is 0 Å². The minimum atomic E-state index is -0.0525. The van der Waals surface area contributed by atoms with E-state index < -0.39 is 0 Å². The highest BCUT2D eigenvalue weighted by Crippen LogP contribution is 2.33. The topological polar surface area (TPSA) is 65.3 Å². The summed E-state index contributed by atoms with van der Waals surface area (Å²) in [6, 6.07) is 18.9. The molecule has 2 aromatic heterocycles. The number of nitrogens with zero attached hydrogens (tertiary/aromatic N) is 3. The van der Waals surface area contributed by atoms with Gasteiger partial charge in [-0.1, -0.05) is 18.2 Å². The lowest BCUT2D eigenvalue weighted by Crippen LogP contribution is -2.30. The predicted octanol–water partition coefficient (Wildman–Crippen LogP) is 4.30. The van der Waals surface area contributed by atoms with Crippen LogP contribution in [0.15, 0.2) is 73.1 Å². The molecule has 0 spiro atoms. The predicted molar refractivity (Wildman–Crippen MR) is 119 cm³/mol. The van der Waals surface area contributed by atoms with Gasteiger partial charge in [0.15, 0.2) is 11.5 Å². The highest BCUT2D eigenvalue weighted by Gasteiger charge is 2.18. The van der Waals surface area contributed by atoms with E-state index in [9.17, 15) is 4.79 Å². The summed E-state index contributed by atoms with van der Waals surface area (Å²) in [4.78, 5) is 19.5. The number of carbonyl (C=O) groups is 1. The molecule has 0 atom stereocenters. The first-order chi connectivity index (χ1) is 15.7. The van der Waals surface area contributed by atoms with E-state index in [1.54, 1.807) is 11.0 Å². The molecule has 7 nitrogen and oxygen atoms in total. The largest absolute Gasteiger partial charge is 0.487 e. The maximum absolute atomic E-state index is 13.2. The zero-order valence-corrected chi connectivity index (χ0v) is 17.7. The van der Waals surface area contributed by atoms with Gasteiger partial charge in [-0.3, -0.25) is 4.79 Å². The van der Waals surface area contributed by atoms with Crippen molar-refractivity contribution in [3.63, 3.8) is 0 Å². The highest BCUT2D eigenvalue weighted by atomic mass is 16.7. The van der Waals surface area contributed by atoms with Crippen LogP contribution in [0.2, 0.25) is 0 Å². The number of hydrogen-bond acceptors (Lipinski definition) is 5. The van der Waals surface area contributed by atoms with Gasteiger partial charge < -0.3 is 23.5 Å². The molecule has 0 unspecified atom stereocenters. The molecule has 0 N–H and O–H groups in total. The number of carbonyl (C=O) groups excluding carboxylic acids is 1. The molecule has 5 rings (SSSR count). The average molecular weight is 429 g/mol. The average Bonchev–Trinajstić information content (AvgIpc) is 3.47. The van der Waals surface area contributed by atoms with Crippen LogP contribution in [-0.4, -0.2) is 33.5 Å². The van der Waals surface area contributed by atoms with Crippen molar-refractivity contribution in [2.75, 3.05) is 13.3 Å². The van der Waals surface area contributed by atoms with Crippen molar-refractivity contribution in [2.45, 2.75) is 20.1 Å². The monoisotopic (exact) mass is 429 g/mol. The normalized spacial score (nSPS) is 12.2. The maximum Gasteiger partial charge on any atom is 0.254 e. The maximum atomic E-state index is 13.2. The summed E-state index contributed by atoms with van der Waals surface area (Å²) in [6.07, 6.45) is 3.89. The van der Waals surface area contributed by atoms with Crippen LogP contribution in [0.3, 0.4) is 0 Å². The van der Waals surface area contributed by atoms with Crippen molar-refractivity contribution in [1.29, 1.82) is 0 Å². The van der Waals surface area contributed by atoms with Crippen molar-refractivity contribution in [2.24, 2.45) is 0 Å². The van der Waals surface area contributed by atoms with E-state index >= 15 is 0 Å². The van der Waals surface area contributed by atoms with Gasteiger partial charge in [0.1, 0.15) is 18.0 Å². The minimum absolute atomic E-state index is 0.0525. The third-order valence-electron chi connectivity index (χ3n) is 5.36. The molecule has 1 aliphatic heterocycles. The Bertz CT molecular complexity index is 1230. The number of benzene rings is 2. The molecule has 0 saturated heterocycles. The summed E-state index contributed by atoms with van der Waals surface area (Å²) in [5, 5.41) is 0. The number of aromatic nitrogens is 2. The molecule has 4 aromatic rings. The Morgan fingerprint density at radius 1 is 1.09 bits per heavy atom. The second-order valence-electron chi connectivity index (χ2n) is 7.52. The summed E-state index contributed by atoms with van der Waals surface area (Å²) in [5.41, 5.74) is 3.27. The molecule has 0 fully saturated rings. The summed E-state index contributed by atoms with van der Waals surface area (Å²) in [5.74, 6) is 2.03. The lowest BCUT2D eigenvalue weighted by Gasteiger charge is -2.21. The Balaban J connectivity index is 1.27. The molecule has 1 amide bonds. The Kier molecular flexibility index (Phi) is 5.37. The van der Waals surface area contributed by atoms with Crippen molar-refractivity contribution >= 4 is 11.6 Å². The van der Waals surface area contributed by atoms with Crippen LogP contribution in [-0.2, 0) is 13.2 Å². The van der Waals surface area contributed by atoms with E-state index in [1.165, 1.54) is 0 Å². The van der Waals surface area contributed by atoms with Gasteiger partial charge >= 0.3 is 0 Å². The molecule has 32 heavy (non-hydrogen) atoms. The summed E-state index contributed by atoms with van der Waals surface area (Å²) in [6.45, 7) is 3.59. The number of ether oxygens (including phenoxy) is 3. The first-order valence-corrected chi connectivity index (χ1v) is 10.5. The summed E-state index contributed by atoms with van der Waals surface area (Å²) < 4.78 is 18.7. The summed E-state index contributed by atoms with van der Waals surface area (Å²) in [7, 11) is 0. The number of pyridine rings is 1.